The first-order valence-corrected chi connectivity index (χ1v) is 5.31. The summed E-state index contributed by atoms with van der Waals surface area (Å²) in [5.41, 5.74) is 0.440. The van der Waals surface area contributed by atoms with Gasteiger partial charge in [0.05, 0.1) is 12.2 Å². The lowest BCUT2D eigenvalue weighted by Crippen LogP contribution is -2.09. The number of hydrogen-bond donors (Lipinski definition) is 0. The quantitative estimate of drug-likeness (QED) is 0.468. The van der Waals surface area contributed by atoms with E-state index in [2.05, 4.69) is 20.9 Å². The van der Waals surface area contributed by atoms with Gasteiger partial charge in [-0.1, -0.05) is 0 Å². The van der Waals surface area contributed by atoms with Gasteiger partial charge in [-0.2, -0.15) is 0 Å². The predicted octanol–water partition coefficient (Wildman–Crippen LogP) is 2.04. The Labute approximate surface area is 96.7 Å². The van der Waals surface area contributed by atoms with Gasteiger partial charge in [0, 0.05) is 26.3 Å². The van der Waals surface area contributed by atoms with Crippen LogP contribution in [0.5, 0.6) is 0 Å². The third kappa shape index (κ3) is 3.97. The van der Waals surface area contributed by atoms with E-state index in [0.717, 1.165) is 0 Å². The van der Waals surface area contributed by atoms with E-state index >= 15 is 0 Å². The lowest BCUT2D eigenvalue weighted by Gasteiger charge is -2.04. The molecule has 0 saturated carbocycles. The number of ether oxygens (including phenoxy) is 2. The minimum Gasteiger partial charge on any atom is -0.462 e. The molecule has 1 aromatic heterocycles. The highest BCUT2D eigenvalue weighted by Gasteiger charge is 2.10. The molecule has 0 fully saturated rings. The second-order valence-electron chi connectivity index (χ2n) is 2.82. The van der Waals surface area contributed by atoms with Gasteiger partial charge in [-0.3, -0.25) is 0 Å². The Morgan fingerprint density at radius 1 is 1.53 bits per heavy atom. The highest BCUT2D eigenvalue weighted by Crippen LogP contribution is 2.13. The van der Waals surface area contributed by atoms with Crippen molar-refractivity contribution in [1.82, 2.24) is 4.98 Å². The maximum Gasteiger partial charge on any atom is 0.340 e. The third-order valence-corrected chi connectivity index (χ3v) is 2.34. The van der Waals surface area contributed by atoms with Crippen molar-refractivity contribution in [3.63, 3.8) is 0 Å². The summed E-state index contributed by atoms with van der Waals surface area (Å²) in [4.78, 5) is 15.4. The Balaban J connectivity index is 2.44. The average molecular weight is 274 g/mol. The summed E-state index contributed by atoms with van der Waals surface area (Å²) in [5, 5.41) is 0. The second-order valence-corrected chi connectivity index (χ2v) is 3.58. The van der Waals surface area contributed by atoms with E-state index in [0.29, 0.717) is 29.8 Å². The summed E-state index contributed by atoms with van der Waals surface area (Å²) in [7, 11) is 1.61. The van der Waals surface area contributed by atoms with Crippen molar-refractivity contribution in [3.05, 3.63) is 28.5 Å². The Kier molecular flexibility index (Phi) is 5.28. The van der Waals surface area contributed by atoms with Crippen molar-refractivity contribution in [2.75, 3.05) is 20.3 Å². The van der Waals surface area contributed by atoms with Gasteiger partial charge in [0.15, 0.2) is 0 Å². The van der Waals surface area contributed by atoms with Crippen LogP contribution in [0.15, 0.2) is 22.9 Å². The van der Waals surface area contributed by atoms with Gasteiger partial charge in [-0.25, -0.2) is 9.78 Å². The molecule has 1 rings (SSSR count). The number of hydrogen-bond acceptors (Lipinski definition) is 4. The maximum atomic E-state index is 11.5. The maximum absolute atomic E-state index is 11.5. The van der Waals surface area contributed by atoms with Crippen LogP contribution in [0.1, 0.15) is 16.8 Å². The van der Waals surface area contributed by atoms with Crippen molar-refractivity contribution in [3.8, 4) is 0 Å². The van der Waals surface area contributed by atoms with Crippen LogP contribution in [-0.4, -0.2) is 31.3 Å². The number of methoxy groups -OCH3 is 1. The number of nitrogens with zero attached hydrogens (tertiary/aromatic N) is 1. The largest absolute Gasteiger partial charge is 0.462 e. The monoisotopic (exact) mass is 273 g/mol. The SMILES string of the molecule is COCCCOC(=O)c1cccnc1Br. The molecule has 0 radical (unpaired) electrons. The normalized spacial score (nSPS) is 10.0. The van der Waals surface area contributed by atoms with Crippen LogP contribution in [0.25, 0.3) is 0 Å². The highest BCUT2D eigenvalue weighted by atomic mass is 79.9. The van der Waals surface area contributed by atoms with Crippen LogP contribution >= 0.6 is 15.9 Å². The standard InChI is InChI=1S/C10H12BrNO3/c1-14-6-3-7-15-10(13)8-4-2-5-12-9(8)11/h2,4-5H,3,6-7H2,1H3. The number of rotatable bonds is 5. The lowest BCUT2D eigenvalue weighted by molar-refractivity contribution is 0.0467. The fourth-order valence-electron chi connectivity index (χ4n) is 0.984. The minimum atomic E-state index is -0.369. The van der Waals surface area contributed by atoms with Gasteiger partial charge in [-0.15, -0.1) is 0 Å². The van der Waals surface area contributed by atoms with Gasteiger partial charge in [-0.05, 0) is 28.1 Å². The Hall–Kier alpha value is -0.940. The molecule has 0 bridgehead atoms. The van der Waals surface area contributed by atoms with Gasteiger partial charge >= 0.3 is 5.97 Å². The van der Waals surface area contributed by atoms with Crippen LogP contribution in [0, 0.1) is 0 Å². The molecule has 0 atom stereocenters. The van der Waals surface area contributed by atoms with E-state index < -0.39 is 0 Å². The Bertz CT molecular complexity index is 330. The molecule has 0 aliphatic carbocycles. The molecule has 5 heteroatoms. The number of pyridine rings is 1. The molecule has 0 unspecified atom stereocenters. The molecule has 0 spiro atoms. The zero-order valence-electron chi connectivity index (χ0n) is 8.40. The van der Waals surface area contributed by atoms with Crippen LogP contribution in [0.4, 0.5) is 0 Å². The van der Waals surface area contributed by atoms with E-state index in [1.807, 2.05) is 0 Å². The van der Waals surface area contributed by atoms with Gasteiger partial charge in [0.1, 0.15) is 4.60 Å². The minimum absolute atomic E-state index is 0.355. The van der Waals surface area contributed by atoms with Crippen LogP contribution in [0.2, 0.25) is 0 Å². The van der Waals surface area contributed by atoms with Gasteiger partial charge < -0.3 is 9.47 Å². The van der Waals surface area contributed by atoms with Crippen LogP contribution in [0.3, 0.4) is 0 Å². The molecule has 1 aromatic rings. The lowest BCUT2D eigenvalue weighted by atomic mass is 10.3. The molecule has 1 heterocycles. The van der Waals surface area contributed by atoms with E-state index in [1.165, 1.54) is 0 Å². The summed E-state index contributed by atoms with van der Waals surface area (Å²) in [5.74, 6) is -0.369. The summed E-state index contributed by atoms with van der Waals surface area (Å²) in [6.45, 7) is 0.940. The van der Waals surface area contributed by atoms with Crippen molar-refractivity contribution >= 4 is 21.9 Å². The summed E-state index contributed by atoms with van der Waals surface area (Å²) in [6, 6.07) is 3.35. The fourth-order valence-corrected chi connectivity index (χ4v) is 1.40. The van der Waals surface area contributed by atoms with E-state index in [4.69, 9.17) is 9.47 Å². The first-order chi connectivity index (χ1) is 7.25. The molecule has 0 aromatic carbocycles. The second kappa shape index (κ2) is 6.53. The first kappa shape index (κ1) is 12.1. The number of carbonyl (C=O) groups excluding carboxylic acids is 1. The van der Waals surface area contributed by atoms with E-state index in [1.54, 1.807) is 25.4 Å². The molecular formula is C10H12BrNO3. The molecule has 0 aliphatic heterocycles. The summed E-state index contributed by atoms with van der Waals surface area (Å²) >= 11 is 3.18. The molecule has 0 saturated heterocycles. The zero-order chi connectivity index (χ0) is 11.1. The summed E-state index contributed by atoms with van der Waals surface area (Å²) < 4.78 is 10.4. The van der Waals surface area contributed by atoms with Crippen molar-refractivity contribution in [2.24, 2.45) is 0 Å². The van der Waals surface area contributed by atoms with Crippen molar-refractivity contribution in [2.45, 2.75) is 6.42 Å². The van der Waals surface area contributed by atoms with E-state index in [9.17, 15) is 4.79 Å². The van der Waals surface area contributed by atoms with Crippen molar-refractivity contribution < 1.29 is 14.3 Å². The first-order valence-electron chi connectivity index (χ1n) is 4.52. The Morgan fingerprint density at radius 3 is 3.00 bits per heavy atom. The van der Waals surface area contributed by atoms with Crippen molar-refractivity contribution in [1.29, 1.82) is 0 Å². The number of carbonyl (C=O) groups is 1. The molecule has 0 amide bonds. The Morgan fingerprint density at radius 2 is 2.33 bits per heavy atom. The highest BCUT2D eigenvalue weighted by molar-refractivity contribution is 9.10. The molecule has 0 N–H and O–H groups in total. The smallest absolute Gasteiger partial charge is 0.340 e. The number of halogens is 1. The fraction of sp³-hybridized carbons (Fsp3) is 0.400. The molecule has 82 valence electrons. The van der Waals surface area contributed by atoms with Crippen LogP contribution < -0.4 is 0 Å². The average Bonchev–Trinajstić information content (AvgIpc) is 2.25. The molecule has 4 nitrogen and oxygen atoms in total. The van der Waals surface area contributed by atoms with E-state index in [-0.39, 0.29) is 5.97 Å². The topological polar surface area (TPSA) is 48.4 Å². The molecule has 0 aliphatic rings. The predicted molar refractivity (Wildman–Crippen MR) is 58.7 cm³/mol. The van der Waals surface area contributed by atoms with Gasteiger partial charge in [0.25, 0.3) is 0 Å². The van der Waals surface area contributed by atoms with Crippen LogP contribution in [-0.2, 0) is 9.47 Å². The molecular weight excluding hydrogens is 262 g/mol. The zero-order valence-corrected chi connectivity index (χ0v) is 9.99. The third-order valence-electron chi connectivity index (χ3n) is 1.70. The number of esters is 1. The molecule has 15 heavy (non-hydrogen) atoms. The summed E-state index contributed by atoms with van der Waals surface area (Å²) in [6.07, 6.45) is 2.30. The van der Waals surface area contributed by atoms with Gasteiger partial charge in [0.2, 0.25) is 0 Å². The number of aromatic nitrogens is 1.